The maximum Gasteiger partial charge on any atom is 0.250 e. The van der Waals surface area contributed by atoms with Crippen molar-refractivity contribution in [2.45, 2.75) is 19.6 Å². The third-order valence-corrected chi connectivity index (χ3v) is 6.15. The molecular weight excluding hydrogens is 453 g/mol. The molecule has 0 unspecified atom stereocenters. The zero-order chi connectivity index (χ0) is 20.8. The van der Waals surface area contributed by atoms with Crippen molar-refractivity contribution in [2.75, 3.05) is 5.75 Å². The van der Waals surface area contributed by atoms with Gasteiger partial charge in [-0.1, -0.05) is 34.1 Å². The van der Waals surface area contributed by atoms with Crippen LogP contribution in [-0.2, 0) is 10.5 Å². The molecule has 1 N–H and O–H groups in total. The highest BCUT2D eigenvalue weighted by molar-refractivity contribution is 9.10. The molecule has 0 atom stereocenters. The van der Waals surface area contributed by atoms with E-state index in [-0.39, 0.29) is 11.7 Å². The Kier molecular flexibility index (Phi) is 7.28. The van der Waals surface area contributed by atoms with Crippen LogP contribution in [0.3, 0.4) is 0 Å². The number of nitrogens with one attached hydrogen (secondary N) is 1. The van der Waals surface area contributed by atoms with Crippen LogP contribution in [0.25, 0.3) is 5.69 Å². The average molecular weight is 474 g/mol. The molecule has 1 heterocycles. The molecule has 2 aromatic carbocycles. The molecular formula is C22H21BrFN3OS. The molecule has 3 aromatic rings. The van der Waals surface area contributed by atoms with Gasteiger partial charge in [-0.15, -0.1) is 11.8 Å². The predicted molar refractivity (Wildman–Crippen MR) is 121 cm³/mol. The number of nitrogens with zero attached hydrogens (tertiary/aromatic N) is 2. The molecule has 0 bridgehead atoms. The molecule has 0 spiro atoms. The Hall–Kier alpha value is -2.38. The maximum absolute atomic E-state index is 13.2. The Morgan fingerprint density at radius 2 is 1.93 bits per heavy atom. The van der Waals surface area contributed by atoms with Gasteiger partial charge in [-0.05, 0) is 55.8 Å². The number of carbonyl (C=O) groups is 1. The van der Waals surface area contributed by atoms with E-state index in [4.69, 9.17) is 0 Å². The minimum Gasteiger partial charge on any atom is -0.318 e. The summed E-state index contributed by atoms with van der Waals surface area (Å²) in [4.78, 5) is 12.0. The number of halogens is 2. The SMILES string of the molecule is Cc1cc(/C=N\NC(=O)CSCc2ccccc2Br)c(C)n1-c1ccc(F)cc1. The van der Waals surface area contributed by atoms with Crippen molar-refractivity contribution >= 4 is 39.8 Å². The Bertz CT molecular complexity index is 1030. The molecule has 0 aliphatic carbocycles. The van der Waals surface area contributed by atoms with Gasteiger partial charge in [0.1, 0.15) is 5.82 Å². The highest BCUT2D eigenvalue weighted by atomic mass is 79.9. The van der Waals surface area contributed by atoms with Crippen LogP contribution in [0.4, 0.5) is 4.39 Å². The van der Waals surface area contributed by atoms with Gasteiger partial charge in [0.25, 0.3) is 0 Å². The number of carbonyl (C=O) groups excluding carboxylic acids is 1. The summed E-state index contributed by atoms with van der Waals surface area (Å²) in [5.74, 6) is 0.661. The molecule has 150 valence electrons. The lowest BCUT2D eigenvalue weighted by Crippen LogP contribution is -2.19. The molecule has 1 aromatic heterocycles. The minimum atomic E-state index is -0.266. The van der Waals surface area contributed by atoms with E-state index >= 15 is 0 Å². The second kappa shape index (κ2) is 9.89. The number of rotatable bonds is 7. The Labute approximate surface area is 182 Å². The monoisotopic (exact) mass is 473 g/mol. The molecule has 0 aliphatic rings. The van der Waals surface area contributed by atoms with Crippen molar-refractivity contribution in [1.29, 1.82) is 0 Å². The Morgan fingerprint density at radius 3 is 2.66 bits per heavy atom. The summed E-state index contributed by atoms with van der Waals surface area (Å²) >= 11 is 5.04. The van der Waals surface area contributed by atoms with Crippen LogP contribution in [-0.4, -0.2) is 22.4 Å². The number of hydrazone groups is 1. The predicted octanol–water partition coefficient (Wildman–Crippen LogP) is 5.38. The number of thioether (sulfide) groups is 1. The van der Waals surface area contributed by atoms with Gasteiger partial charge < -0.3 is 4.57 Å². The largest absolute Gasteiger partial charge is 0.318 e. The van der Waals surface area contributed by atoms with E-state index in [1.165, 1.54) is 23.9 Å². The van der Waals surface area contributed by atoms with E-state index in [1.807, 2.05) is 48.7 Å². The van der Waals surface area contributed by atoms with Crippen molar-refractivity contribution in [3.8, 4) is 5.69 Å². The van der Waals surface area contributed by atoms with Crippen LogP contribution >= 0.6 is 27.7 Å². The quantitative estimate of drug-likeness (QED) is 0.369. The summed E-state index contributed by atoms with van der Waals surface area (Å²) in [5, 5.41) is 4.09. The van der Waals surface area contributed by atoms with E-state index in [0.29, 0.717) is 5.75 Å². The van der Waals surface area contributed by atoms with Crippen LogP contribution in [0.2, 0.25) is 0 Å². The molecule has 7 heteroatoms. The third-order valence-electron chi connectivity index (χ3n) is 4.40. The van der Waals surface area contributed by atoms with Crippen LogP contribution in [0.1, 0.15) is 22.5 Å². The van der Waals surface area contributed by atoms with Gasteiger partial charge in [-0.25, -0.2) is 9.82 Å². The van der Waals surface area contributed by atoms with E-state index in [9.17, 15) is 9.18 Å². The van der Waals surface area contributed by atoms with Crippen molar-refractivity contribution in [2.24, 2.45) is 5.10 Å². The number of hydrogen-bond acceptors (Lipinski definition) is 3. The first-order valence-corrected chi connectivity index (χ1v) is 11.0. The van der Waals surface area contributed by atoms with Crippen LogP contribution in [0.15, 0.2) is 64.2 Å². The fraction of sp³-hybridized carbons (Fsp3) is 0.182. The zero-order valence-electron chi connectivity index (χ0n) is 16.2. The van der Waals surface area contributed by atoms with Gasteiger partial charge in [-0.3, -0.25) is 4.79 Å². The lowest BCUT2D eigenvalue weighted by Gasteiger charge is -2.09. The summed E-state index contributed by atoms with van der Waals surface area (Å²) in [7, 11) is 0. The molecule has 29 heavy (non-hydrogen) atoms. The normalized spacial score (nSPS) is 11.2. The van der Waals surface area contributed by atoms with Crippen LogP contribution in [0, 0.1) is 19.7 Å². The van der Waals surface area contributed by atoms with Crippen LogP contribution in [0.5, 0.6) is 0 Å². The van der Waals surface area contributed by atoms with Gasteiger partial charge >= 0.3 is 0 Å². The summed E-state index contributed by atoms with van der Waals surface area (Å²) in [6.07, 6.45) is 1.64. The number of aromatic nitrogens is 1. The van der Waals surface area contributed by atoms with E-state index in [0.717, 1.165) is 38.4 Å². The average Bonchev–Trinajstić information content (AvgIpc) is 2.98. The van der Waals surface area contributed by atoms with Gasteiger partial charge in [0.2, 0.25) is 5.91 Å². The minimum absolute atomic E-state index is 0.148. The molecule has 0 fully saturated rings. The summed E-state index contributed by atoms with van der Waals surface area (Å²) in [6.45, 7) is 3.94. The van der Waals surface area contributed by atoms with E-state index < -0.39 is 0 Å². The Morgan fingerprint density at radius 1 is 1.21 bits per heavy atom. The second-order valence-corrected chi connectivity index (χ2v) is 8.36. The highest BCUT2D eigenvalue weighted by Gasteiger charge is 2.10. The maximum atomic E-state index is 13.2. The molecule has 3 rings (SSSR count). The molecule has 0 aliphatic heterocycles. The lowest BCUT2D eigenvalue weighted by molar-refractivity contribution is -0.118. The third kappa shape index (κ3) is 5.58. The zero-order valence-corrected chi connectivity index (χ0v) is 18.6. The van der Waals surface area contributed by atoms with Gasteiger partial charge in [0.15, 0.2) is 0 Å². The fourth-order valence-corrected chi connectivity index (χ4v) is 4.42. The van der Waals surface area contributed by atoms with Crippen molar-refractivity contribution < 1.29 is 9.18 Å². The smallest absolute Gasteiger partial charge is 0.250 e. The topological polar surface area (TPSA) is 46.4 Å². The molecule has 1 amide bonds. The molecule has 4 nitrogen and oxygen atoms in total. The van der Waals surface area contributed by atoms with Gasteiger partial charge in [0.05, 0.1) is 12.0 Å². The van der Waals surface area contributed by atoms with E-state index in [1.54, 1.807) is 18.3 Å². The number of benzene rings is 2. The van der Waals surface area contributed by atoms with Gasteiger partial charge in [-0.2, -0.15) is 5.10 Å². The lowest BCUT2D eigenvalue weighted by atomic mass is 10.2. The van der Waals surface area contributed by atoms with Crippen LogP contribution < -0.4 is 5.43 Å². The first kappa shape index (κ1) is 21.3. The van der Waals surface area contributed by atoms with E-state index in [2.05, 4.69) is 26.5 Å². The number of hydrogen-bond donors (Lipinski definition) is 1. The fourth-order valence-electron chi connectivity index (χ4n) is 2.98. The molecule has 0 radical (unpaired) electrons. The van der Waals surface area contributed by atoms with Crippen molar-refractivity contribution in [3.63, 3.8) is 0 Å². The Balaban J connectivity index is 1.56. The second-order valence-electron chi connectivity index (χ2n) is 6.52. The highest BCUT2D eigenvalue weighted by Crippen LogP contribution is 2.21. The molecule has 0 saturated carbocycles. The standard InChI is InChI=1S/C22H21BrFN3OS/c1-15-11-18(16(2)27(15)20-9-7-19(24)8-10-20)12-25-26-22(28)14-29-13-17-5-3-4-6-21(17)23/h3-12H,13-14H2,1-2H3,(H,26,28)/b25-12-. The summed E-state index contributed by atoms with van der Waals surface area (Å²) in [5.41, 5.74) is 7.48. The summed E-state index contributed by atoms with van der Waals surface area (Å²) in [6, 6.07) is 16.3. The summed E-state index contributed by atoms with van der Waals surface area (Å²) < 4.78 is 16.2. The van der Waals surface area contributed by atoms with Crippen molar-refractivity contribution in [1.82, 2.24) is 9.99 Å². The number of amides is 1. The first-order valence-electron chi connectivity index (χ1n) is 9.03. The van der Waals surface area contributed by atoms with Gasteiger partial charge in [0, 0.05) is 32.9 Å². The van der Waals surface area contributed by atoms with Crippen molar-refractivity contribution in [3.05, 3.63) is 87.4 Å². The number of aryl methyl sites for hydroxylation is 1. The molecule has 0 saturated heterocycles. The first-order chi connectivity index (χ1) is 14.0.